The van der Waals surface area contributed by atoms with Crippen LogP contribution in [0.3, 0.4) is 0 Å². The van der Waals surface area contributed by atoms with Crippen LogP contribution in [0.4, 0.5) is 5.13 Å². The van der Waals surface area contributed by atoms with Crippen LogP contribution in [-0.4, -0.2) is 64.9 Å². The first-order valence-electron chi connectivity index (χ1n) is 10.5. The van der Waals surface area contributed by atoms with Gasteiger partial charge in [-0.1, -0.05) is 35.1 Å². The van der Waals surface area contributed by atoms with E-state index in [2.05, 4.69) is 9.80 Å². The van der Waals surface area contributed by atoms with Crippen molar-refractivity contribution in [2.75, 3.05) is 44.2 Å². The second-order valence-electron chi connectivity index (χ2n) is 7.85. The van der Waals surface area contributed by atoms with Crippen molar-refractivity contribution in [3.05, 3.63) is 35.5 Å². The molecule has 0 amide bonds. The summed E-state index contributed by atoms with van der Waals surface area (Å²) < 4.78 is 8.03. The molecular weight excluding hydrogens is 406 g/mol. The van der Waals surface area contributed by atoms with E-state index in [9.17, 15) is 0 Å². The van der Waals surface area contributed by atoms with E-state index in [4.69, 9.17) is 26.4 Å². The highest BCUT2D eigenvalue weighted by atomic mass is 35.5. The minimum Gasteiger partial charge on any atom is -0.377 e. The molecule has 2 saturated heterocycles. The van der Waals surface area contributed by atoms with Gasteiger partial charge in [-0.3, -0.25) is 0 Å². The molecule has 2 fully saturated rings. The molecule has 6 nitrogen and oxygen atoms in total. The van der Waals surface area contributed by atoms with Crippen LogP contribution in [0.2, 0.25) is 5.02 Å². The van der Waals surface area contributed by atoms with E-state index in [1.165, 1.54) is 25.9 Å². The monoisotopic (exact) mass is 431 g/mol. The van der Waals surface area contributed by atoms with Crippen molar-refractivity contribution in [3.63, 3.8) is 0 Å². The molecule has 0 aliphatic carbocycles. The number of aromatic nitrogens is 3. The molecule has 154 valence electrons. The van der Waals surface area contributed by atoms with Crippen molar-refractivity contribution in [3.8, 4) is 11.3 Å². The van der Waals surface area contributed by atoms with E-state index in [0.717, 1.165) is 65.5 Å². The number of halogens is 1. The van der Waals surface area contributed by atoms with Gasteiger partial charge < -0.3 is 14.5 Å². The normalized spacial score (nSPS) is 18.9. The summed E-state index contributed by atoms with van der Waals surface area (Å²) in [4.78, 5) is 10.5. The predicted molar refractivity (Wildman–Crippen MR) is 118 cm³/mol. The first kappa shape index (κ1) is 19.3. The third-order valence-corrected chi connectivity index (χ3v) is 7.08. The standard InChI is InChI=1S/C21H26ClN5OS/c22-17-5-3-16(4-6-17)19-15-27-20(23-19)29-21(24-27)26-11-7-18(8-12-26)28-14-13-25-9-1-2-10-25/h3-6,15,18H,1-2,7-14H2. The molecule has 2 aromatic heterocycles. The minimum atomic E-state index is 0.384. The number of piperidine rings is 1. The largest absolute Gasteiger partial charge is 0.377 e. The molecule has 0 spiro atoms. The van der Waals surface area contributed by atoms with Crippen LogP contribution in [-0.2, 0) is 4.74 Å². The summed E-state index contributed by atoms with van der Waals surface area (Å²) in [7, 11) is 0. The van der Waals surface area contributed by atoms with E-state index in [0.29, 0.717) is 6.10 Å². The molecule has 0 bridgehead atoms. The number of ether oxygens (including phenoxy) is 1. The van der Waals surface area contributed by atoms with Gasteiger partial charge in [0.25, 0.3) is 0 Å². The van der Waals surface area contributed by atoms with Gasteiger partial charge in [-0.15, -0.1) is 5.10 Å². The first-order chi connectivity index (χ1) is 14.2. The van der Waals surface area contributed by atoms with Gasteiger partial charge in [-0.05, 0) is 50.9 Å². The van der Waals surface area contributed by atoms with E-state index in [-0.39, 0.29) is 0 Å². The summed E-state index contributed by atoms with van der Waals surface area (Å²) >= 11 is 7.63. The van der Waals surface area contributed by atoms with Crippen LogP contribution in [0.15, 0.2) is 30.5 Å². The molecule has 1 aromatic carbocycles. The molecular formula is C21H26ClN5OS. The Labute approximate surface area is 180 Å². The summed E-state index contributed by atoms with van der Waals surface area (Å²) in [6.07, 6.45) is 7.20. The maximum absolute atomic E-state index is 6.13. The summed E-state index contributed by atoms with van der Waals surface area (Å²) in [6, 6.07) is 7.76. The van der Waals surface area contributed by atoms with Gasteiger partial charge in [-0.2, -0.15) is 0 Å². The molecule has 8 heteroatoms. The fourth-order valence-corrected chi connectivity index (χ4v) is 5.21. The zero-order valence-electron chi connectivity index (χ0n) is 16.5. The van der Waals surface area contributed by atoms with Crippen molar-refractivity contribution in [1.29, 1.82) is 0 Å². The van der Waals surface area contributed by atoms with Gasteiger partial charge in [0, 0.05) is 30.2 Å². The van der Waals surface area contributed by atoms with E-state index < -0.39 is 0 Å². The second kappa shape index (κ2) is 8.60. The average Bonchev–Trinajstić information content (AvgIpc) is 3.46. The molecule has 0 saturated carbocycles. The van der Waals surface area contributed by atoms with Crippen molar-refractivity contribution in [1.82, 2.24) is 19.5 Å². The van der Waals surface area contributed by atoms with Gasteiger partial charge in [0.1, 0.15) is 0 Å². The Hall–Kier alpha value is -1.67. The second-order valence-corrected chi connectivity index (χ2v) is 9.22. The number of likely N-dealkylation sites (tertiary alicyclic amines) is 1. The number of imidazole rings is 1. The number of rotatable bonds is 6. The highest BCUT2D eigenvalue weighted by Gasteiger charge is 2.23. The Kier molecular flexibility index (Phi) is 5.72. The molecule has 0 N–H and O–H groups in total. The molecule has 2 aliphatic heterocycles. The summed E-state index contributed by atoms with van der Waals surface area (Å²) in [6.45, 7) is 6.42. The van der Waals surface area contributed by atoms with Gasteiger partial charge in [0.05, 0.1) is 24.6 Å². The fraction of sp³-hybridized carbons (Fsp3) is 0.524. The van der Waals surface area contributed by atoms with Crippen molar-refractivity contribution < 1.29 is 4.74 Å². The first-order valence-corrected chi connectivity index (χ1v) is 11.6. The topological polar surface area (TPSA) is 45.9 Å². The lowest BCUT2D eigenvalue weighted by Gasteiger charge is -2.31. The summed E-state index contributed by atoms with van der Waals surface area (Å²) in [5, 5.41) is 6.55. The van der Waals surface area contributed by atoms with Crippen LogP contribution in [0.1, 0.15) is 25.7 Å². The Morgan fingerprint density at radius 3 is 2.55 bits per heavy atom. The Morgan fingerprint density at radius 2 is 1.83 bits per heavy atom. The zero-order chi connectivity index (χ0) is 19.6. The highest BCUT2D eigenvalue weighted by molar-refractivity contribution is 7.20. The van der Waals surface area contributed by atoms with Crippen LogP contribution in [0, 0.1) is 0 Å². The van der Waals surface area contributed by atoms with Gasteiger partial charge >= 0.3 is 0 Å². The van der Waals surface area contributed by atoms with E-state index in [1.807, 2.05) is 35.0 Å². The molecule has 2 aliphatic rings. The Bertz CT molecular complexity index is 910. The number of anilines is 1. The SMILES string of the molecule is Clc1ccc(-c2cn3nc(N4CCC(OCCN5CCCC5)CC4)sc3n2)cc1. The molecule has 0 unspecified atom stereocenters. The minimum absolute atomic E-state index is 0.384. The number of nitrogens with zero attached hydrogens (tertiary/aromatic N) is 5. The lowest BCUT2D eigenvalue weighted by atomic mass is 10.1. The lowest BCUT2D eigenvalue weighted by molar-refractivity contribution is 0.0265. The fourth-order valence-electron chi connectivity index (χ4n) is 4.15. The number of benzene rings is 1. The van der Waals surface area contributed by atoms with E-state index in [1.54, 1.807) is 11.3 Å². The molecule has 0 radical (unpaired) electrons. The van der Waals surface area contributed by atoms with Gasteiger partial charge in [-0.25, -0.2) is 9.50 Å². The summed E-state index contributed by atoms with van der Waals surface area (Å²) in [5.41, 5.74) is 1.98. The van der Waals surface area contributed by atoms with Gasteiger partial charge in [0.2, 0.25) is 10.1 Å². The van der Waals surface area contributed by atoms with Crippen LogP contribution >= 0.6 is 22.9 Å². The third-order valence-electron chi connectivity index (χ3n) is 5.84. The number of hydrogen-bond donors (Lipinski definition) is 0. The maximum atomic E-state index is 6.13. The quantitative estimate of drug-likeness (QED) is 0.585. The maximum Gasteiger partial charge on any atom is 0.214 e. The number of hydrogen-bond acceptors (Lipinski definition) is 6. The van der Waals surface area contributed by atoms with Crippen molar-refractivity contribution >= 4 is 33.0 Å². The Morgan fingerprint density at radius 1 is 1.07 bits per heavy atom. The number of fused-ring (bicyclic) bond motifs is 1. The van der Waals surface area contributed by atoms with Crippen molar-refractivity contribution in [2.45, 2.75) is 31.8 Å². The molecule has 0 atom stereocenters. The molecule has 29 heavy (non-hydrogen) atoms. The predicted octanol–water partition coefficient (Wildman–Crippen LogP) is 4.19. The highest BCUT2D eigenvalue weighted by Crippen LogP contribution is 2.29. The van der Waals surface area contributed by atoms with E-state index >= 15 is 0 Å². The molecule has 5 rings (SSSR count). The lowest BCUT2D eigenvalue weighted by Crippen LogP contribution is -2.38. The van der Waals surface area contributed by atoms with Gasteiger partial charge in [0.15, 0.2) is 0 Å². The van der Waals surface area contributed by atoms with Crippen LogP contribution in [0.5, 0.6) is 0 Å². The summed E-state index contributed by atoms with van der Waals surface area (Å²) in [5.74, 6) is 0. The Balaban J connectivity index is 1.15. The van der Waals surface area contributed by atoms with Crippen LogP contribution < -0.4 is 4.90 Å². The van der Waals surface area contributed by atoms with Crippen LogP contribution in [0.25, 0.3) is 16.2 Å². The average molecular weight is 432 g/mol. The van der Waals surface area contributed by atoms with Crippen molar-refractivity contribution in [2.24, 2.45) is 0 Å². The zero-order valence-corrected chi connectivity index (χ0v) is 18.0. The third kappa shape index (κ3) is 4.43. The molecule has 4 heterocycles. The molecule has 3 aromatic rings. The smallest absolute Gasteiger partial charge is 0.214 e.